The largest absolute Gasteiger partial charge is 2.00 e. The van der Waals surface area contributed by atoms with E-state index in [1.807, 2.05) is 39.0 Å². The fraction of sp³-hybridized carbons (Fsp3) is 0.444. The van der Waals surface area contributed by atoms with Gasteiger partial charge in [0.1, 0.15) is 5.92 Å². The summed E-state index contributed by atoms with van der Waals surface area (Å²) in [4.78, 5) is 62.5. The van der Waals surface area contributed by atoms with Crippen LogP contribution in [0.1, 0.15) is 90.2 Å². The summed E-state index contributed by atoms with van der Waals surface area (Å²) in [5.41, 5.74) is 6.64. The number of esters is 2. The molecule has 0 radical (unpaired) electrons. The van der Waals surface area contributed by atoms with Crippen molar-refractivity contribution in [2.24, 2.45) is 23.7 Å². The third-order valence-corrected chi connectivity index (χ3v) is 10.1. The molecule has 1 aliphatic carbocycles. The normalized spacial score (nSPS) is 27.1. The molecule has 11 heteroatoms. The number of methoxy groups -OCH3 is 2. The van der Waals surface area contributed by atoms with Crippen LogP contribution < -0.4 is 20.7 Å². The summed E-state index contributed by atoms with van der Waals surface area (Å²) in [6.45, 7) is 11.5. The maximum atomic E-state index is 14.0. The number of carbonyl (C=O) groups is 4. The minimum Gasteiger partial charge on any atom is -0.682 e. The molecule has 47 heavy (non-hydrogen) atoms. The van der Waals surface area contributed by atoms with E-state index in [1.54, 1.807) is 6.92 Å². The summed E-state index contributed by atoms with van der Waals surface area (Å²) in [6, 6.07) is -0.211. The first kappa shape index (κ1) is 34.5. The van der Waals surface area contributed by atoms with E-state index >= 15 is 0 Å². The predicted molar refractivity (Wildman–Crippen MR) is 179 cm³/mol. The average Bonchev–Trinajstić information content (AvgIpc) is 3.76. The first-order valence-corrected chi connectivity index (χ1v) is 15.8. The summed E-state index contributed by atoms with van der Waals surface area (Å²) in [7, 11) is 2.59. The van der Waals surface area contributed by atoms with Crippen molar-refractivity contribution in [3.8, 4) is 0 Å². The first-order valence-electron chi connectivity index (χ1n) is 15.8. The molecule has 0 aromatic carbocycles. The minimum absolute atomic E-state index is 0. The quantitative estimate of drug-likeness (QED) is 0.198. The Morgan fingerprint density at radius 1 is 0.957 bits per heavy atom. The SMILES string of the molecule is CC[C@H]1C2/C=c3\[n-]c4c(c3C)C(=O)[C@H](C(=O)OC)C=4C3=C(CCC(=O)OC)[C@H](C)/C(=C/c4[n-]c(c(C(C)=O)c4C)/C=C(\[N-]2)[C@@H]1C)[N-]3.[Mg+2]. The van der Waals surface area contributed by atoms with E-state index in [0.717, 1.165) is 23.3 Å². The van der Waals surface area contributed by atoms with Crippen molar-refractivity contribution in [3.63, 3.8) is 0 Å². The number of rotatable bonds is 6. The number of Topliss-reactive ketones (excluding diaryl/α,β-unsaturated/α-hetero) is 2. The molecule has 1 fully saturated rings. The molecule has 5 heterocycles. The van der Waals surface area contributed by atoms with Gasteiger partial charge in [-0.05, 0) is 44.9 Å². The molecule has 0 amide bonds. The van der Waals surface area contributed by atoms with Crippen molar-refractivity contribution in [1.82, 2.24) is 9.97 Å². The third-order valence-electron chi connectivity index (χ3n) is 10.1. The van der Waals surface area contributed by atoms with Crippen LogP contribution in [0, 0.1) is 37.5 Å². The standard InChI is InChI=1S/C36H39N4O6.Mg/c1-9-20-15(2)22-14-27-29(19(6)41)17(4)24(38-27)12-23-16(3)21(10-11-28(42)45-7)33(39-23)31-32(36(44)46-8)35(43)30-18(5)25(40-34(30)31)13-26(20)37-22;/h12-16,20,26,32H,9-11H2,1-8H3,(H-,37,38,41);/q-3;+2/p-1/b23-12-,25-13-;/t15-,16+,20-,26?,32-;/m1./s1. The second kappa shape index (κ2) is 13.0. The van der Waals surface area contributed by atoms with Crippen molar-refractivity contribution < 1.29 is 28.7 Å². The van der Waals surface area contributed by atoms with Crippen molar-refractivity contribution in [2.75, 3.05) is 14.2 Å². The van der Waals surface area contributed by atoms with Crippen LogP contribution in [0.15, 0.2) is 22.7 Å². The van der Waals surface area contributed by atoms with Gasteiger partial charge in [0.05, 0.1) is 14.2 Å². The monoisotopic (exact) mass is 646 g/mol. The van der Waals surface area contributed by atoms with Gasteiger partial charge < -0.3 is 30.1 Å². The number of nitrogens with zero attached hydrogens (tertiary/aromatic N) is 4. The maximum absolute atomic E-state index is 14.0. The number of aromatic nitrogens is 2. The molecule has 0 N–H and O–H groups in total. The molecule has 5 atom stereocenters. The summed E-state index contributed by atoms with van der Waals surface area (Å²) in [6.07, 6.45) is 7.04. The van der Waals surface area contributed by atoms with Crippen LogP contribution >= 0.6 is 0 Å². The summed E-state index contributed by atoms with van der Waals surface area (Å²) < 4.78 is 10.1. The topological polar surface area (TPSA) is 143 Å². The Bertz CT molecular complexity index is 1930. The molecule has 10 nitrogen and oxygen atoms in total. The zero-order valence-electron chi connectivity index (χ0n) is 28.2. The molecule has 2 aromatic rings. The Hall–Kier alpha value is -3.83. The fourth-order valence-corrected chi connectivity index (χ4v) is 7.52. The molecular formula is C36H38MgN4O6-2. The molecule has 3 aliphatic heterocycles. The van der Waals surface area contributed by atoms with Gasteiger partial charge in [-0.15, -0.1) is 33.9 Å². The third kappa shape index (κ3) is 5.50. The summed E-state index contributed by atoms with van der Waals surface area (Å²) in [5, 5.41) is 11.2. The smallest absolute Gasteiger partial charge is 0.682 e. The van der Waals surface area contributed by atoms with Crippen molar-refractivity contribution in [1.29, 1.82) is 0 Å². The Balaban J connectivity index is 0.00000433. The van der Waals surface area contributed by atoms with E-state index in [4.69, 9.17) is 30.1 Å². The molecule has 8 bridgehead atoms. The number of hydrogen-bond acceptors (Lipinski definition) is 6. The van der Waals surface area contributed by atoms with Gasteiger partial charge in [0, 0.05) is 17.5 Å². The predicted octanol–water partition coefficient (Wildman–Crippen LogP) is 4.00. The minimum atomic E-state index is -1.24. The van der Waals surface area contributed by atoms with E-state index in [-0.39, 0.29) is 70.8 Å². The van der Waals surface area contributed by atoms with Gasteiger partial charge in [-0.3, -0.25) is 19.2 Å². The maximum Gasteiger partial charge on any atom is 2.00 e. The number of fused-ring (bicyclic) bond motifs is 8. The Kier molecular flexibility index (Phi) is 9.54. The molecule has 242 valence electrons. The second-order valence-electron chi connectivity index (χ2n) is 12.6. The Morgan fingerprint density at radius 3 is 2.30 bits per heavy atom. The van der Waals surface area contributed by atoms with Gasteiger partial charge in [-0.25, -0.2) is 0 Å². The van der Waals surface area contributed by atoms with E-state index in [2.05, 4.69) is 13.8 Å². The van der Waals surface area contributed by atoms with Gasteiger partial charge >= 0.3 is 35.0 Å². The molecule has 1 unspecified atom stereocenters. The molecule has 0 saturated carbocycles. The molecular weight excluding hydrogens is 609 g/mol. The van der Waals surface area contributed by atoms with Crippen LogP contribution in [0.3, 0.4) is 0 Å². The van der Waals surface area contributed by atoms with Gasteiger partial charge in [-0.2, -0.15) is 11.4 Å². The summed E-state index contributed by atoms with van der Waals surface area (Å²) >= 11 is 0. The molecule has 4 aliphatic rings. The first-order chi connectivity index (χ1) is 21.9. The Labute approximate surface area is 290 Å². The van der Waals surface area contributed by atoms with Crippen molar-refractivity contribution in [2.45, 2.75) is 66.8 Å². The zero-order valence-corrected chi connectivity index (χ0v) is 29.6. The molecule has 6 rings (SSSR count). The molecule has 2 aromatic heterocycles. The second-order valence-corrected chi connectivity index (χ2v) is 12.6. The number of hydrogen-bond donors (Lipinski definition) is 0. The van der Waals surface area contributed by atoms with Gasteiger partial charge in [-0.1, -0.05) is 67.7 Å². The summed E-state index contributed by atoms with van der Waals surface area (Å²) in [5.74, 6) is -2.81. The van der Waals surface area contributed by atoms with Crippen LogP contribution in [0.4, 0.5) is 0 Å². The van der Waals surface area contributed by atoms with Crippen LogP contribution in [-0.4, -0.2) is 66.8 Å². The van der Waals surface area contributed by atoms with Crippen molar-refractivity contribution in [3.05, 3.63) is 77.6 Å². The van der Waals surface area contributed by atoms with Crippen LogP contribution in [0.2, 0.25) is 0 Å². The molecule has 1 saturated heterocycles. The number of carbonyl (C=O) groups excluding carboxylic acids is 4. The number of allylic oxidation sites excluding steroid dienone is 3. The van der Waals surface area contributed by atoms with E-state index in [9.17, 15) is 19.2 Å². The van der Waals surface area contributed by atoms with Crippen LogP contribution in [0.5, 0.6) is 0 Å². The van der Waals surface area contributed by atoms with E-state index in [1.165, 1.54) is 14.2 Å². The van der Waals surface area contributed by atoms with Crippen molar-refractivity contribution >= 4 is 70.4 Å². The zero-order chi connectivity index (χ0) is 33.2. The fourth-order valence-electron chi connectivity index (χ4n) is 7.52. The van der Waals surface area contributed by atoms with Crippen LogP contribution in [0.25, 0.3) is 34.4 Å². The van der Waals surface area contributed by atoms with Gasteiger partial charge in [0.15, 0.2) is 11.6 Å². The van der Waals surface area contributed by atoms with Gasteiger partial charge in [0.25, 0.3) is 0 Å². The van der Waals surface area contributed by atoms with E-state index in [0.29, 0.717) is 62.2 Å². The number of ether oxygens (including phenoxy) is 2. The number of ketones is 2. The average molecular weight is 647 g/mol. The molecule has 0 spiro atoms. The van der Waals surface area contributed by atoms with Crippen LogP contribution in [-0.2, 0) is 19.1 Å². The Morgan fingerprint density at radius 2 is 1.66 bits per heavy atom. The van der Waals surface area contributed by atoms with Gasteiger partial charge in [0.2, 0.25) is 0 Å². The van der Waals surface area contributed by atoms with E-state index < -0.39 is 11.9 Å².